The van der Waals surface area contributed by atoms with E-state index in [2.05, 4.69) is 5.32 Å². The molecule has 1 aliphatic rings. The Morgan fingerprint density at radius 2 is 1.91 bits per heavy atom. The van der Waals surface area contributed by atoms with Crippen molar-refractivity contribution in [1.82, 2.24) is 0 Å². The van der Waals surface area contributed by atoms with Crippen molar-refractivity contribution in [3.8, 4) is 6.07 Å². The average Bonchev–Trinajstić information content (AvgIpc) is 3.17. The van der Waals surface area contributed by atoms with Crippen LogP contribution < -0.4 is 67.5 Å². The van der Waals surface area contributed by atoms with Crippen LogP contribution in [0, 0.1) is 11.3 Å². The number of esters is 1. The first-order chi connectivity index (χ1) is 15.9. The number of ether oxygens (including phenoxy) is 1. The molecule has 0 unspecified atom stereocenters. The molecule has 3 rings (SSSR count). The maximum Gasteiger partial charge on any atom is 1.00 e. The van der Waals surface area contributed by atoms with Gasteiger partial charge in [0.05, 0.1) is 12.2 Å². The van der Waals surface area contributed by atoms with E-state index in [4.69, 9.17) is 10.5 Å². The third-order valence-electron chi connectivity index (χ3n) is 5.06. The molecule has 0 atom stereocenters. The van der Waals surface area contributed by atoms with Crippen LogP contribution in [0.5, 0.6) is 0 Å². The number of nitrogens with zero attached hydrogens (tertiary/aromatic N) is 1. The summed E-state index contributed by atoms with van der Waals surface area (Å²) in [5.41, 5.74) is 5.50. The molecule has 10 heteroatoms. The molecule has 1 aliphatic carbocycles. The number of rotatable bonds is 8. The molecule has 1 amide bonds. The zero-order valence-corrected chi connectivity index (χ0v) is 22.9. The molecule has 0 fully saturated rings. The van der Waals surface area contributed by atoms with Crippen molar-refractivity contribution in [3.05, 3.63) is 75.0 Å². The number of allylic oxidation sites excluding steroid dienone is 1. The zero-order chi connectivity index (χ0) is 24.0. The van der Waals surface area contributed by atoms with Gasteiger partial charge >= 0.3 is 57.4 Å². The molecule has 1 heterocycles. The number of ketones is 1. The number of amides is 1. The quantitative estimate of drug-likeness (QED) is 0.0949. The second-order valence-electron chi connectivity index (χ2n) is 7.23. The summed E-state index contributed by atoms with van der Waals surface area (Å²) in [6.45, 7) is 1.86. The molecule has 0 radical (unpaired) electrons. The predicted molar refractivity (Wildman–Crippen MR) is 121 cm³/mol. The Morgan fingerprint density at radius 1 is 1.24 bits per heavy atom. The fourth-order valence-electron chi connectivity index (χ4n) is 3.52. The van der Waals surface area contributed by atoms with Crippen LogP contribution in [0.1, 0.15) is 50.9 Å². The summed E-state index contributed by atoms with van der Waals surface area (Å²) in [4.78, 5) is 38.1. The Morgan fingerprint density at radius 3 is 2.53 bits per heavy atom. The molecule has 0 saturated carbocycles. The second-order valence-corrected chi connectivity index (χ2v) is 8.33. The summed E-state index contributed by atoms with van der Waals surface area (Å²) in [5, 5.41) is 25.4. The van der Waals surface area contributed by atoms with E-state index in [-0.39, 0.29) is 63.7 Å². The summed E-state index contributed by atoms with van der Waals surface area (Å²) in [6, 6.07) is 9.70. The number of aryl methyl sites for hydroxylation is 1. The van der Waals surface area contributed by atoms with E-state index >= 15 is 0 Å². The minimum atomic E-state index is -1.21. The number of primary amides is 1. The monoisotopic (exact) mass is 503 g/mol. The number of nitriles is 1. The van der Waals surface area contributed by atoms with Crippen molar-refractivity contribution in [2.45, 2.75) is 32.6 Å². The van der Waals surface area contributed by atoms with Crippen LogP contribution in [0.2, 0.25) is 0 Å². The standard InChI is InChI=1S/C24H23N3O5S.K/c1-2-32-24(31)20-15-10-6-7-11-19(15)33-23(20)27-17(21(29)16(13-25)22(26)30)12-18(28)14-8-4-3-5-9-14;/h3-5,8-9,12,27,29H,2,6-7,10-11H2,1H3,(H2,26,30);/q;+1/p-1/b17-12-,21-16-;. The summed E-state index contributed by atoms with van der Waals surface area (Å²) < 4.78 is 5.22. The van der Waals surface area contributed by atoms with Crippen LogP contribution in [0.4, 0.5) is 5.00 Å². The predicted octanol–water partition coefficient (Wildman–Crippen LogP) is -0.390. The van der Waals surface area contributed by atoms with Crippen LogP contribution in [-0.2, 0) is 22.4 Å². The summed E-state index contributed by atoms with van der Waals surface area (Å²) >= 11 is 1.29. The summed E-state index contributed by atoms with van der Waals surface area (Å²) in [6.07, 6.45) is 4.36. The number of thiophene rings is 1. The molecule has 3 N–H and O–H groups in total. The van der Waals surface area contributed by atoms with Crippen molar-refractivity contribution >= 4 is 34.0 Å². The van der Waals surface area contributed by atoms with Gasteiger partial charge in [-0.2, -0.15) is 5.26 Å². The van der Waals surface area contributed by atoms with E-state index < -0.39 is 29.0 Å². The number of hydrogen-bond donors (Lipinski definition) is 2. The Hall–Kier alpha value is -2.26. The number of hydrogen-bond acceptors (Lipinski definition) is 8. The van der Waals surface area contributed by atoms with E-state index in [0.29, 0.717) is 22.5 Å². The minimum absolute atomic E-state index is 0. The van der Waals surface area contributed by atoms with Gasteiger partial charge in [-0.25, -0.2) is 4.79 Å². The van der Waals surface area contributed by atoms with Crippen LogP contribution in [0.3, 0.4) is 0 Å². The van der Waals surface area contributed by atoms with Crippen molar-refractivity contribution in [2.24, 2.45) is 5.73 Å². The molecule has 34 heavy (non-hydrogen) atoms. The molecule has 170 valence electrons. The topological polar surface area (TPSA) is 145 Å². The SMILES string of the molecule is CCOC(=O)c1c(NC(=C\C(=O)c2ccccc2)/C([O-])=C(\C#N)C(N)=O)sc2c1CCCC2.[K+]. The van der Waals surface area contributed by atoms with Gasteiger partial charge in [0.1, 0.15) is 16.6 Å². The van der Waals surface area contributed by atoms with Crippen molar-refractivity contribution in [1.29, 1.82) is 5.26 Å². The minimum Gasteiger partial charge on any atom is -0.870 e. The number of fused-ring (bicyclic) bond motifs is 1. The van der Waals surface area contributed by atoms with Gasteiger partial charge in [-0.15, -0.1) is 11.3 Å². The maximum atomic E-state index is 13.0. The number of nitrogens with two attached hydrogens (primary N) is 1. The van der Waals surface area contributed by atoms with Gasteiger partial charge in [0.25, 0.3) is 5.91 Å². The van der Waals surface area contributed by atoms with Gasteiger partial charge in [-0.05, 0) is 38.2 Å². The molecule has 0 aliphatic heterocycles. The van der Waals surface area contributed by atoms with Crippen LogP contribution >= 0.6 is 11.3 Å². The first kappa shape index (κ1) is 28.0. The van der Waals surface area contributed by atoms with Crippen LogP contribution in [-0.4, -0.2) is 24.3 Å². The second kappa shape index (κ2) is 13.0. The fraction of sp³-hybridized carbons (Fsp3) is 0.250. The van der Waals surface area contributed by atoms with Gasteiger partial charge in [-0.1, -0.05) is 36.1 Å². The van der Waals surface area contributed by atoms with Gasteiger partial charge in [-0.3, -0.25) is 9.59 Å². The van der Waals surface area contributed by atoms with Crippen LogP contribution in [0.25, 0.3) is 0 Å². The van der Waals surface area contributed by atoms with E-state index in [0.717, 1.165) is 35.8 Å². The van der Waals surface area contributed by atoms with Crippen molar-refractivity contribution in [2.75, 3.05) is 11.9 Å². The molecular formula is C24H22KN3O5S. The average molecular weight is 504 g/mol. The maximum absolute atomic E-state index is 13.0. The molecule has 0 spiro atoms. The van der Waals surface area contributed by atoms with Gasteiger partial charge in [0.15, 0.2) is 5.78 Å². The number of carbonyl (C=O) groups is 3. The van der Waals surface area contributed by atoms with E-state index in [1.54, 1.807) is 37.3 Å². The Bertz CT molecular complexity index is 1200. The largest absolute Gasteiger partial charge is 1.00 e. The molecule has 1 aromatic carbocycles. The van der Waals surface area contributed by atoms with Crippen molar-refractivity contribution in [3.63, 3.8) is 0 Å². The third-order valence-corrected chi connectivity index (χ3v) is 6.27. The van der Waals surface area contributed by atoms with Gasteiger partial charge in [0, 0.05) is 22.2 Å². The zero-order valence-electron chi connectivity index (χ0n) is 19.0. The van der Waals surface area contributed by atoms with Gasteiger partial charge in [0.2, 0.25) is 0 Å². The third kappa shape index (κ3) is 6.44. The Labute approximate surface area is 243 Å². The molecule has 2 aromatic rings. The smallest absolute Gasteiger partial charge is 0.870 e. The Kier molecular flexibility index (Phi) is 10.7. The van der Waals surface area contributed by atoms with E-state index in [1.807, 2.05) is 0 Å². The summed E-state index contributed by atoms with van der Waals surface area (Å²) in [7, 11) is 0. The first-order valence-corrected chi connectivity index (χ1v) is 11.2. The van der Waals surface area contributed by atoms with E-state index in [1.165, 1.54) is 17.4 Å². The Balaban J connectivity index is 0.00000408. The molecule has 1 aromatic heterocycles. The number of benzene rings is 1. The van der Waals surface area contributed by atoms with Crippen molar-refractivity contribution < 1.29 is 75.6 Å². The fourth-order valence-corrected chi connectivity index (χ4v) is 4.81. The van der Waals surface area contributed by atoms with E-state index in [9.17, 15) is 24.8 Å². The number of carbonyl (C=O) groups excluding carboxylic acids is 3. The molecule has 0 bridgehead atoms. The summed E-state index contributed by atoms with van der Waals surface area (Å²) in [5.74, 6) is -3.30. The molecular weight excluding hydrogens is 481 g/mol. The van der Waals surface area contributed by atoms with Gasteiger partial charge < -0.3 is 20.9 Å². The van der Waals surface area contributed by atoms with Crippen LogP contribution in [0.15, 0.2) is 53.4 Å². The molecule has 0 saturated heterocycles. The number of nitrogens with one attached hydrogen (secondary N) is 1. The first-order valence-electron chi connectivity index (χ1n) is 10.4. The normalized spacial score (nSPS) is 13.5. The number of anilines is 1. The molecule has 8 nitrogen and oxygen atoms in total.